The van der Waals surface area contributed by atoms with Crippen molar-refractivity contribution in [2.24, 2.45) is 0 Å². The summed E-state index contributed by atoms with van der Waals surface area (Å²) in [7, 11) is 0. The van der Waals surface area contributed by atoms with Crippen LogP contribution in [0, 0.1) is 0 Å². The summed E-state index contributed by atoms with van der Waals surface area (Å²) in [6.07, 6.45) is -1.49. The second-order valence-electron chi connectivity index (χ2n) is 8.03. The van der Waals surface area contributed by atoms with Gasteiger partial charge in [-0.15, -0.1) is 11.6 Å². The molecular formula is C23H47ClO11. The Balaban J connectivity index is 0.000000633. The van der Waals surface area contributed by atoms with Crippen molar-refractivity contribution in [3.05, 3.63) is 0 Å². The van der Waals surface area contributed by atoms with Crippen molar-refractivity contribution in [1.29, 1.82) is 0 Å². The molecule has 11 nitrogen and oxygen atoms in total. The molecule has 12 heteroatoms. The normalized spacial score (nSPS) is 35.0. The highest BCUT2D eigenvalue weighted by atomic mass is 35.5. The molecule has 0 radical (unpaired) electrons. The molecule has 2 N–H and O–H groups in total. The number of epoxide rings is 1. The lowest BCUT2D eigenvalue weighted by Gasteiger charge is -2.29. The van der Waals surface area contributed by atoms with E-state index in [9.17, 15) is 5.11 Å². The fraction of sp³-hybridized carbons (Fsp3) is 1.00. The van der Waals surface area contributed by atoms with Crippen LogP contribution in [0.15, 0.2) is 0 Å². The number of aliphatic hydroxyl groups excluding tert-OH is 2. The number of ether oxygens (including phenoxy) is 9. The lowest BCUT2D eigenvalue weighted by molar-refractivity contribution is -0.230. The van der Waals surface area contributed by atoms with Crippen LogP contribution < -0.4 is 0 Å². The van der Waals surface area contributed by atoms with Crippen LogP contribution in [-0.2, 0) is 42.6 Å². The predicted octanol–water partition coefficient (Wildman–Crippen LogP) is 1.54. The Morgan fingerprint density at radius 2 is 1.03 bits per heavy atom. The van der Waals surface area contributed by atoms with E-state index in [-0.39, 0.29) is 59.1 Å². The van der Waals surface area contributed by atoms with Crippen molar-refractivity contribution in [2.75, 3.05) is 65.3 Å². The third-order valence-electron chi connectivity index (χ3n) is 4.74. The summed E-state index contributed by atoms with van der Waals surface area (Å²) < 4.78 is 46.8. The Labute approximate surface area is 215 Å². The molecule has 4 aliphatic rings. The van der Waals surface area contributed by atoms with E-state index in [0.29, 0.717) is 51.6 Å². The molecule has 0 aliphatic carbocycles. The van der Waals surface area contributed by atoms with Gasteiger partial charge in [-0.3, -0.25) is 0 Å². The number of rotatable bonds is 7. The van der Waals surface area contributed by atoms with Crippen molar-refractivity contribution in [3.63, 3.8) is 0 Å². The van der Waals surface area contributed by atoms with Gasteiger partial charge in [-0.25, -0.2) is 0 Å². The van der Waals surface area contributed by atoms with E-state index in [0.717, 1.165) is 6.61 Å². The van der Waals surface area contributed by atoms with Crippen LogP contribution in [0.2, 0.25) is 0 Å². The molecule has 0 bridgehead atoms. The molecule has 4 rings (SSSR count). The summed E-state index contributed by atoms with van der Waals surface area (Å²) in [5.74, 6) is 0.667. The van der Waals surface area contributed by atoms with Crippen molar-refractivity contribution in [1.82, 2.24) is 0 Å². The van der Waals surface area contributed by atoms with Crippen LogP contribution in [0.5, 0.6) is 0 Å². The maximum absolute atomic E-state index is 9.80. The van der Waals surface area contributed by atoms with Crippen LogP contribution in [-0.4, -0.2) is 125 Å². The summed E-state index contributed by atoms with van der Waals surface area (Å²) in [6.45, 7) is 9.49. The van der Waals surface area contributed by atoms with Gasteiger partial charge in [0.05, 0.1) is 71.4 Å². The minimum atomic E-state index is -0.686. The van der Waals surface area contributed by atoms with Gasteiger partial charge in [-0.2, -0.15) is 0 Å². The van der Waals surface area contributed by atoms with E-state index in [1.54, 1.807) is 0 Å². The smallest absolute Gasteiger partial charge is 0.155 e. The van der Waals surface area contributed by atoms with Crippen LogP contribution in [0.4, 0.5) is 0 Å². The number of hydrogen-bond donors (Lipinski definition) is 2. The standard InChI is InChI=1S/C13H24O7.C5H10O3.C3H5ClO.2CH4/c1-9-15-5-12(6-16-9)19-3-11(14)4-20-13-7-17-10(2)18-8-13;1-4-7-2-5(6)3-8-4;4-1-3-2-5-3;;/h9-14H,3-8H2,1-2H3;4-6H,2-3H2,1H3;3H,1-2H2;2*1H4. The molecular weight excluding hydrogens is 488 g/mol. The predicted molar refractivity (Wildman–Crippen MR) is 130 cm³/mol. The molecule has 0 spiro atoms. The summed E-state index contributed by atoms with van der Waals surface area (Å²) in [4.78, 5) is 0. The van der Waals surface area contributed by atoms with E-state index in [4.69, 9.17) is 59.3 Å². The lowest BCUT2D eigenvalue weighted by atomic mass is 10.3. The lowest BCUT2D eigenvalue weighted by Crippen LogP contribution is -2.40. The molecule has 0 saturated carbocycles. The largest absolute Gasteiger partial charge is 0.388 e. The fourth-order valence-electron chi connectivity index (χ4n) is 2.65. The Bertz CT molecular complexity index is 440. The zero-order valence-corrected chi connectivity index (χ0v) is 20.4. The van der Waals surface area contributed by atoms with E-state index in [1.807, 2.05) is 20.8 Å². The first-order chi connectivity index (χ1) is 15.9. The zero-order valence-electron chi connectivity index (χ0n) is 19.6. The third-order valence-corrected chi connectivity index (χ3v) is 5.08. The van der Waals surface area contributed by atoms with Gasteiger partial charge >= 0.3 is 0 Å². The molecule has 4 fully saturated rings. The monoisotopic (exact) mass is 534 g/mol. The topological polar surface area (TPSA) is 127 Å². The van der Waals surface area contributed by atoms with Gasteiger partial charge in [0, 0.05) is 0 Å². The fourth-order valence-corrected chi connectivity index (χ4v) is 2.82. The number of hydrogen-bond acceptors (Lipinski definition) is 11. The molecule has 1 unspecified atom stereocenters. The molecule has 4 heterocycles. The zero-order chi connectivity index (χ0) is 24.1. The van der Waals surface area contributed by atoms with E-state index in [1.165, 1.54) is 0 Å². The van der Waals surface area contributed by atoms with Crippen LogP contribution in [0.1, 0.15) is 35.6 Å². The number of alkyl halides is 1. The maximum atomic E-state index is 9.80. The van der Waals surface area contributed by atoms with Gasteiger partial charge in [0.25, 0.3) is 0 Å². The number of halogens is 1. The summed E-state index contributed by atoms with van der Waals surface area (Å²) in [5.41, 5.74) is 0. The molecule has 4 saturated heterocycles. The average Bonchev–Trinajstić information content (AvgIpc) is 3.66. The van der Waals surface area contributed by atoms with Gasteiger partial charge in [-0.1, -0.05) is 14.9 Å². The first-order valence-corrected chi connectivity index (χ1v) is 11.9. The molecule has 0 aromatic carbocycles. The van der Waals surface area contributed by atoms with Gasteiger partial charge in [0.2, 0.25) is 0 Å². The van der Waals surface area contributed by atoms with Gasteiger partial charge < -0.3 is 52.8 Å². The van der Waals surface area contributed by atoms with E-state index < -0.39 is 12.2 Å². The summed E-state index contributed by atoms with van der Waals surface area (Å²) >= 11 is 5.27. The molecule has 35 heavy (non-hydrogen) atoms. The van der Waals surface area contributed by atoms with Crippen molar-refractivity contribution in [2.45, 2.75) is 85.0 Å². The second kappa shape index (κ2) is 19.9. The van der Waals surface area contributed by atoms with Crippen LogP contribution in [0.25, 0.3) is 0 Å². The summed E-state index contributed by atoms with van der Waals surface area (Å²) in [5, 5.41) is 18.6. The molecule has 4 aliphatic heterocycles. The van der Waals surface area contributed by atoms with Crippen LogP contribution in [0.3, 0.4) is 0 Å². The minimum Gasteiger partial charge on any atom is -0.388 e. The molecule has 0 aromatic heterocycles. The maximum Gasteiger partial charge on any atom is 0.155 e. The van der Waals surface area contributed by atoms with E-state index in [2.05, 4.69) is 0 Å². The van der Waals surface area contributed by atoms with Gasteiger partial charge in [-0.05, 0) is 20.8 Å². The van der Waals surface area contributed by atoms with Crippen molar-refractivity contribution >= 4 is 11.6 Å². The second-order valence-corrected chi connectivity index (χ2v) is 8.34. The minimum absolute atomic E-state index is 0. The molecule has 1 atom stereocenters. The molecule has 0 amide bonds. The summed E-state index contributed by atoms with van der Waals surface area (Å²) in [6, 6.07) is 0. The van der Waals surface area contributed by atoms with Crippen molar-refractivity contribution in [3.8, 4) is 0 Å². The van der Waals surface area contributed by atoms with Crippen LogP contribution >= 0.6 is 11.6 Å². The first-order valence-electron chi connectivity index (χ1n) is 11.3. The highest BCUT2D eigenvalue weighted by molar-refractivity contribution is 6.18. The molecule has 0 aromatic rings. The quantitative estimate of drug-likeness (QED) is 0.364. The average molecular weight is 535 g/mol. The Morgan fingerprint density at radius 1 is 0.686 bits per heavy atom. The Morgan fingerprint density at radius 3 is 1.29 bits per heavy atom. The highest BCUT2D eigenvalue weighted by Gasteiger charge is 2.23. The van der Waals surface area contributed by atoms with Gasteiger partial charge in [0.15, 0.2) is 18.9 Å². The third kappa shape index (κ3) is 17.1. The SMILES string of the molecule is C.C.CC1OCC(O)CO1.CC1OCC(OCC(O)COC2COC(C)OC2)CO1.ClCC1CO1. The van der Waals surface area contributed by atoms with Gasteiger partial charge in [0.1, 0.15) is 24.4 Å². The Kier molecular flexibility index (Phi) is 19.8. The van der Waals surface area contributed by atoms with E-state index >= 15 is 0 Å². The highest BCUT2D eigenvalue weighted by Crippen LogP contribution is 2.10. The first kappa shape index (κ1) is 34.9. The Hall–Kier alpha value is -0.150. The molecule has 212 valence electrons. The van der Waals surface area contributed by atoms with Crippen molar-refractivity contribution < 1.29 is 52.8 Å². The number of aliphatic hydroxyl groups is 2.